The standard InChI is InChI=1S/C29H43N3O8/c1-28(2,3)39-25(35)30-15-10-11-17-31(26(36)38-21-22-13-8-7-9-14-22)23(20-33)19-24(34)32(18-12-16-30)27(37)40-29(4,5)6/h7-9,13-14,20,23H,10-12,15-19,21H2,1-6H3. The average molecular weight is 562 g/mol. The number of carbonyl (C=O) groups is 5. The smallest absolute Gasteiger partial charge is 0.417 e. The first kappa shape index (κ1) is 32.6. The van der Waals surface area contributed by atoms with E-state index in [9.17, 15) is 24.0 Å². The third-order valence-electron chi connectivity index (χ3n) is 5.83. The van der Waals surface area contributed by atoms with E-state index in [0.717, 1.165) is 10.5 Å². The maximum absolute atomic E-state index is 13.3. The zero-order valence-electron chi connectivity index (χ0n) is 24.5. The molecule has 1 aromatic rings. The molecule has 222 valence electrons. The molecule has 1 heterocycles. The lowest BCUT2D eigenvalue weighted by atomic mass is 10.1. The molecule has 1 aromatic carbocycles. The van der Waals surface area contributed by atoms with Crippen molar-refractivity contribution in [1.82, 2.24) is 14.7 Å². The first-order valence-corrected chi connectivity index (χ1v) is 13.6. The van der Waals surface area contributed by atoms with Gasteiger partial charge in [-0.25, -0.2) is 19.3 Å². The van der Waals surface area contributed by atoms with Crippen LogP contribution in [0.25, 0.3) is 0 Å². The zero-order chi connectivity index (χ0) is 29.9. The van der Waals surface area contributed by atoms with Crippen molar-refractivity contribution in [2.75, 3.05) is 26.2 Å². The van der Waals surface area contributed by atoms with Crippen molar-refractivity contribution in [3.63, 3.8) is 0 Å². The summed E-state index contributed by atoms with van der Waals surface area (Å²) < 4.78 is 16.4. The third-order valence-corrected chi connectivity index (χ3v) is 5.83. The Balaban J connectivity index is 2.30. The highest BCUT2D eigenvalue weighted by atomic mass is 16.6. The summed E-state index contributed by atoms with van der Waals surface area (Å²) in [6.07, 6.45) is -0.803. The summed E-state index contributed by atoms with van der Waals surface area (Å²) in [5, 5.41) is 0. The minimum Gasteiger partial charge on any atom is -0.445 e. The molecule has 1 atom stereocenters. The summed E-state index contributed by atoms with van der Waals surface area (Å²) in [6.45, 7) is 11.0. The number of aldehydes is 1. The van der Waals surface area contributed by atoms with Gasteiger partial charge in [-0.1, -0.05) is 30.3 Å². The van der Waals surface area contributed by atoms with Gasteiger partial charge in [-0.3, -0.25) is 9.69 Å². The van der Waals surface area contributed by atoms with Gasteiger partial charge >= 0.3 is 18.3 Å². The fourth-order valence-corrected chi connectivity index (χ4v) is 3.98. The lowest BCUT2D eigenvalue weighted by molar-refractivity contribution is -0.133. The second kappa shape index (κ2) is 14.7. The summed E-state index contributed by atoms with van der Waals surface area (Å²) in [5.74, 6) is -0.671. The summed E-state index contributed by atoms with van der Waals surface area (Å²) in [6, 6.07) is 7.93. The van der Waals surface area contributed by atoms with E-state index in [1.807, 2.05) is 18.2 Å². The van der Waals surface area contributed by atoms with Gasteiger partial charge in [0.15, 0.2) is 0 Å². The first-order chi connectivity index (χ1) is 18.7. The highest BCUT2D eigenvalue weighted by molar-refractivity contribution is 5.94. The predicted molar refractivity (Wildman–Crippen MR) is 147 cm³/mol. The van der Waals surface area contributed by atoms with E-state index in [1.54, 1.807) is 53.7 Å². The Bertz CT molecular complexity index is 1020. The molecule has 1 aliphatic rings. The molecule has 0 aliphatic carbocycles. The number of amides is 4. The number of nitrogens with zero attached hydrogens (tertiary/aromatic N) is 3. The SMILES string of the molecule is CC(C)(C)OC(=O)N1CCCCN(C(=O)OCc2ccccc2)C(C=O)CC(=O)N(C(=O)OC(C)(C)C)CCC1. The quantitative estimate of drug-likeness (QED) is 0.382. The second-order valence-electron chi connectivity index (χ2n) is 11.7. The minimum absolute atomic E-state index is 0.00779. The van der Waals surface area contributed by atoms with Crippen LogP contribution in [0.4, 0.5) is 14.4 Å². The van der Waals surface area contributed by atoms with Gasteiger partial charge < -0.3 is 23.9 Å². The van der Waals surface area contributed by atoms with Gasteiger partial charge in [-0.05, 0) is 66.4 Å². The van der Waals surface area contributed by atoms with Crippen LogP contribution in [-0.2, 0) is 30.4 Å². The van der Waals surface area contributed by atoms with Crippen molar-refractivity contribution < 1.29 is 38.2 Å². The van der Waals surface area contributed by atoms with Crippen LogP contribution in [0, 0.1) is 0 Å². The summed E-state index contributed by atoms with van der Waals surface area (Å²) in [4.78, 5) is 68.1. The Hall–Kier alpha value is -3.63. The molecule has 0 bridgehead atoms. The molecule has 1 unspecified atom stereocenters. The van der Waals surface area contributed by atoms with Crippen molar-refractivity contribution in [3.8, 4) is 0 Å². The van der Waals surface area contributed by atoms with Gasteiger partial charge in [-0.2, -0.15) is 0 Å². The van der Waals surface area contributed by atoms with E-state index in [1.165, 1.54) is 9.80 Å². The monoisotopic (exact) mass is 561 g/mol. The Morgan fingerprint density at radius 1 is 0.825 bits per heavy atom. The molecule has 11 heteroatoms. The molecule has 1 aliphatic heterocycles. The van der Waals surface area contributed by atoms with Gasteiger partial charge in [0, 0.05) is 26.2 Å². The van der Waals surface area contributed by atoms with Crippen molar-refractivity contribution in [3.05, 3.63) is 35.9 Å². The van der Waals surface area contributed by atoms with Crippen molar-refractivity contribution >= 4 is 30.5 Å². The average Bonchev–Trinajstić information content (AvgIpc) is 2.86. The molecule has 1 saturated heterocycles. The number of rotatable bonds is 3. The Morgan fingerprint density at radius 3 is 2.00 bits per heavy atom. The number of imide groups is 1. The lowest BCUT2D eigenvalue weighted by Crippen LogP contribution is -2.48. The molecule has 0 radical (unpaired) electrons. The summed E-state index contributed by atoms with van der Waals surface area (Å²) >= 11 is 0. The molecular weight excluding hydrogens is 518 g/mol. The maximum Gasteiger partial charge on any atom is 0.417 e. The number of benzene rings is 1. The normalized spacial score (nSPS) is 18.1. The molecule has 0 aromatic heterocycles. The molecule has 0 spiro atoms. The van der Waals surface area contributed by atoms with Crippen molar-refractivity contribution in [1.29, 1.82) is 0 Å². The van der Waals surface area contributed by atoms with E-state index in [2.05, 4.69) is 0 Å². The first-order valence-electron chi connectivity index (χ1n) is 13.6. The molecule has 2 rings (SSSR count). The van der Waals surface area contributed by atoms with E-state index >= 15 is 0 Å². The molecular formula is C29H43N3O8. The molecule has 40 heavy (non-hydrogen) atoms. The highest BCUT2D eigenvalue weighted by Gasteiger charge is 2.33. The van der Waals surface area contributed by atoms with Crippen LogP contribution < -0.4 is 0 Å². The fourth-order valence-electron chi connectivity index (χ4n) is 3.98. The summed E-state index contributed by atoms with van der Waals surface area (Å²) in [5.41, 5.74) is -0.796. The molecule has 4 amide bonds. The number of ether oxygens (including phenoxy) is 3. The Kier molecular flexibility index (Phi) is 11.9. The Morgan fingerprint density at radius 2 is 1.40 bits per heavy atom. The van der Waals surface area contributed by atoms with Crippen LogP contribution >= 0.6 is 0 Å². The highest BCUT2D eigenvalue weighted by Crippen LogP contribution is 2.17. The van der Waals surface area contributed by atoms with Gasteiger partial charge in [0.1, 0.15) is 24.1 Å². The van der Waals surface area contributed by atoms with Crippen molar-refractivity contribution in [2.45, 2.75) is 91.1 Å². The minimum atomic E-state index is -1.15. The predicted octanol–water partition coefficient (Wildman–Crippen LogP) is 4.77. The van der Waals surface area contributed by atoms with E-state index < -0.39 is 47.9 Å². The maximum atomic E-state index is 13.3. The topological polar surface area (TPSA) is 123 Å². The number of hydrogen-bond acceptors (Lipinski definition) is 8. The van der Waals surface area contributed by atoms with E-state index in [0.29, 0.717) is 25.7 Å². The largest absolute Gasteiger partial charge is 0.445 e. The second-order valence-corrected chi connectivity index (χ2v) is 11.7. The van der Waals surface area contributed by atoms with Gasteiger partial charge in [0.05, 0.1) is 12.5 Å². The van der Waals surface area contributed by atoms with Crippen LogP contribution in [0.5, 0.6) is 0 Å². The van der Waals surface area contributed by atoms with Gasteiger partial charge in [-0.15, -0.1) is 0 Å². The van der Waals surface area contributed by atoms with Crippen molar-refractivity contribution in [2.24, 2.45) is 0 Å². The summed E-state index contributed by atoms with van der Waals surface area (Å²) in [7, 11) is 0. The number of hydrogen-bond donors (Lipinski definition) is 0. The third kappa shape index (κ3) is 11.2. The molecule has 11 nitrogen and oxygen atoms in total. The van der Waals surface area contributed by atoms with E-state index in [-0.39, 0.29) is 32.7 Å². The Labute approximate surface area is 236 Å². The van der Waals surface area contributed by atoms with Crippen LogP contribution in [0.3, 0.4) is 0 Å². The van der Waals surface area contributed by atoms with Crippen LogP contribution in [0.2, 0.25) is 0 Å². The van der Waals surface area contributed by atoms with Crippen LogP contribution in [-0.4, -0.2) is 88.6 Å². The molecule has 1 fully saturated rings. The van der Waals surface area contributed by atoms with Crippen LogP contribution in [0.15, 0.2) is 30.3 Å². The number of carbonyl (C=O) groups excluding carboxylic acids is 5. The zero-order valence-corrected chi connectivity index (χ0v) is 24.5. The molecule has 0 N–H and O–H groups in total. The van der Waals surface area contributed by atoms with Gasteiger partial charge in [0.2, 0.25) is 5.91 Å². The lowest BCUT2D eigenvalue weighted by Gasteiger charge is -2.30. The molecule has 0 saturated carbocycles. The fraction of sp³-hybridized carbons (Fsp3) is 0.621. The van der Waals surface area contributed by atoms with E-state index in [4.69, 9.17) is 14.2 Å². The van der Waals surface area contributed by atoms with Crippen LogP contribution in [0.1, 0.15) is 72.8 Å². The van der Waals surface area contributed by atoms with Gasteiger partial charge in [0.25, 0.3) is 0 Å².